The third-order valence-corrected chi connectivity index (χ3v) is 6.81. The lowest BCUT2D eigenvalue weighted by atomic mass is 9.84. The molecular weight excluding hydrogens is 422 g/mol. The number of aliphatic hydroxyl groups is 3. The molecule has 0 aromatic heterocycles. The van der Waals surface area contributed by atoms with Crippen LogP contribution in [-0.2, 0) is 18.9 Å². The minimum Gasteiger partial charge on any atom is -0.388 e. The van der Waals surface area contributed by atoms with Gasteiger partial charge in [0.1, 0.15) is 30.0 Å². The van der Waals surface area contributed by atoms with E-state index in [2.05, 4.69) is 5.32 Å². The second-order valence-electron chi connectivity index (χ2n) is 9.69. The van der Waals surface area contributed by atoms with Gasteiger partial charge in [-0.3, -0.25) is 0 Å². The zero-order valence-electron chi connectivity index (χ0n) is 19.0. The lowest BCUT2D eigenvalue weighted by Gasteiger charge is -2.48. The van der Waals surface area contributed by atoms with E-state index in [1.165, 1.54) is 0 Å². The number of nitrogens with two attached hydrogens (primary N) is 4. The molecule has 0 aromatic carbocycles. The Balaban J connectivity index is 1.69. The Morgan fingerprint density at radius 3 is 2.16 bits per heavy atom. The van der Waals surface area contributed by atoms with Crippen LogP contribution in [0.5, 0.6) is 0 Å². The van der Waals surface area contributed by atoms with Crippen molar-refractivity contribution in [2.75, 3.05) is 13.7 Å². The number of rotatable bonds is 6. The summed E-state index contributed by atoms with van der Waals surface area (Å²) in [6.45, 7) is 3.34. The average Bonchev–Trinajstić information content (AvgIpc) is 2.71. The molecule has 0 radical (unpaired) electrons. The summed E-state index contributed by atoms with van der Waals surface area (Å²) in [7, 11) is 1.62. The zero-order valence-corrected chi connectivity index (χ0v) is 19.0. The predicted octanol–water partition coefficient (Wildman–Crippen LogP) is -3.59. The van der Waals surface area contributed by atoms with E-state index >= 15 is 0 Å². The van der Waals surface area contributed by atoms with Crippen LogP contribution in [0, 0.1) is 0 Å². The van der Waals surface area contributed by atoms with Gasteiger partial charge < -0.3 is 62.5 Å². The molecule has 12 N–H and O–H groups in total. The SMILES string of the molecule is CN[C@@H]1[C@@H](O)[C@H](O[C@@H]2[C@@H](O)[C@H](O[C@H]3O[C@H]([C@@H](C)N)CC[C@H]3N)[C@@H](N)C[C@H]2N)OC[C@]1(C)O. The zero-order chi connectivity index (χ0) is 23.8. The van der Waals surface area contributed by atoms with Gasteiger partial charge in [0, 0.05) is 18.1 Å². The number of hydrogen-bond acceptors (Lipinski definition) is 12. The van der Waals surface area contributed by atoms with Gasteiger partial charge >= 0.3 is 0 Å². The van der Waals surface area contributed by atoms with Crippen LogP contribution in [0.4, 0.5) is 0 Å². The van der Waals surface area contributed by atoms with Crippen LogP contribution in [0.1, 0.15) is 33.1 Å². The second kappa shape index (κ2) is 10.4. The fourth-order valence-electron chi connectivity index (χ4n) is 4.87. The largest absolute Gasteiger partial charge is 0.388 e. The average molecular weight is 464 g/mol. The monoisotopic (exact) mass is 463 g/mol. The first-order valence-electron chi connectivity index (χ1n) is 11.3. The van der Waals surface area contributed by atoms with Crippen LogP contribution < -0.4 is 28.3 Å². The highest BCUT2D eigenvalue weighted by molar-refractivity contribution is 5.02. The molecule has 13 atom stereocenters. The summed E-state index contributed by atoms with van der Waals surface area (Å²) in [5.41, 5.74) is 23.3. The summed E-state index contributed by atoms with van der Waals surface area (Å²) in [6, 6.07) is -2.47. The fourth-order valence-corrected chi connectivity index (χ4v) is 4.87. The third-order valence-electron chi connectivity index (χ3n) is 6.81. The normalized spacial score (nSPS) is 51.4. The van der Waals surface area contributed by atoms with Crippen molar-refractivity contribution in [3.8, 4) is 0 Å². The van der Waals surface area contributed by atoms with Crippen molar-refractivity contribution < 1.29 is 34.3 Å². The molecule has 12 heteroatoms. The van der Waals surface area contributed by atoms with E-state index in [9.17, 15) is 15.3 Å². The van der Waals surface area contributed by atoms with Gasteiger partial charge in [-0.2, -0.15) is 0 Å². The maximum atomic E-state index is 11.1. The first-order chi connectivity index (χ1) is 15.0. The van der Waals surface area contributed by atoms with Gasteiger partial charge in [0.15, 0.2) is 12.6 Å². The van der Waals surface area contributed by atoms with E-state index in [0.29, 0.717) is 12.8 Å². The first kappa shape index (κ1) is 26.1. The highest BCUT2D eigenvalue weighted by Crippen LogP contribution is 2.31. The molecule has 12 nitrogen and oxygen atoms in total. The van der Waals surface area contributed by atoms with E-state index in [1.54, 1.807) is 14.0 Å². The van der Waals surface area contributed by atoms with Crippen LogP contribution in [0.2, 0.25) is 0 Å². The molecule has 3 fully saturated rings. The van der Waals surface area contributed by atoms with Crippen LogP contribution in [0.25, 0.3) is 0 Å². The van der Waals surface area contributed by atoms with Gasteiger partial charge in [0.05, 0.1) is 24.8 Å². The van der Waals surface area contributed by atoms with E-state index in [4.69, 9.17) is 41.9 Å². The summed E-state index contributed by atoms with van der Waals surface area (Å²) in [6.07, 6.45) is -4.58. The number of likely N-dealkylation sites (N-methyl/N-ethyl adjacent to an activating group) is 1. The number of hydrogen-bond donors (Lipinski definition) is 8. The molecule has 3 rings (SSSR count). The maximum absolute atomic E-state index is 11.1. The third kappa shape index (κ3) is 5.43. The molecule has 32 heavy (non-hydrogen) atoms. The minimum atomic E-state index is -1.29. The van der Waals surface area contributed by atoms with E-state index in [0.717, 1.165) is 6.42 Å². The molecule has 0 bridgehead atoms. The van der Waals surface area contributed by atoms with Crippen LogP contribution in [0.15, 0.2) is 0 Å². The highest BCUT2D eigenvalue weighted by Gasteiger charge is 2.50. The second-order valence-corrected chi connectivity index (χ2v) is 9.69. The Morgan fingerprint density at radius 1 is 1.00 bits per heavy atom. The standard InChI is InChI=1S/C20H41N5O7/c1-8(21)12-5-4-9(22)18(30-12)31-15-10(23)6-11(24)16(13(15)26)32-19-14(27)17(25-3)20(2,28)7-29-19/h8-19,25-28H,4-7,21-24H2,1-3H3/t8-,9-,10+,11-,12+,13+,14-,15-,16+,17-,18-,19+,20+/m1/s1. The molecule has 1 aliphatic carbocycles. The van der Waals surface area contributed by atoms with E-state index < -0.39 is 60.7 Å². The van der Waals surface area contributed by atoms with Crippen molar-refractivity contribution in [3.63, 3.8) is 0 Å². The number of aliphatic hydroxyl groups excluding tert-OH is 2. The summed E-state index contributed by atoms with van der Waals surface area (Å²) in [4.78, 5) is 0. The van der Waals surface area contributed by atoms with Crippen LogP contribution in [-0.4, -0.2) is 108 Å². The highest BCUT2D eigenvalue weighted by atomic mass is 16.7. The predicted molar refractivity (Wildman–Crippen MR) is 115 cm³/mol. The molecular formula is C20H41N5O7. The van der Waals surface area contributed by atoms with Crippen LogP contribution >= 0.6 is 0 Å². The van der Waals surface area contributed by atoms with Crippen molar-refractivity contribution in [3.05, 3.63) is 0 Å². The van der Waals surface area contributed by atoms with E-state index in [1.807, 2.05) is 6.92 Å². The van der Waals surface area contributed by atoms with Crippen molar-refractivity contribution in [1.82, 2.24) is 5.32 Å². The Bertz CT molecular complexity index is 615. The Morgan fingerprint density at radius 2 is 1.59 bits per heavy atom. The Kier molecular flexibility index (Phi) is 8.51. The topological polar surface area (TPSA) is 214 Å². The molecule has 2 heterocycles. The van der Waals surface area contributed by atoms with Gasteiger partial charge in [-0.05, 0) is 40.2 Å². The molecule has 188 valence electrons. The maximum Gasteiger partial charge on any atom is 0.185 e. The van der Waals surface area contributed by atoms with Crippen molar-refractivity contribution >= 4 is 0 Å². The minimum absolute atomic E-state index is 0.0683. The lowest BCUT2D eigenvalue weighted by molar-refractivity contribution is -0.307. The van der Waals surface area contributed by atoms with Gasteiger partial charge in [0.2, 0.25) is 0 Å². The molecule has 0 aromatic rings. The summed E-state index contributed by atoms with van der Waals surface area (Å²) < 4.78 is 23.4. The molecule has 0 spiro atoms. The van der Waals surface area contributed by atoms with Crippen molar-refractivity contribution in [1.29, 1.82) is 0 Å². The number of ether oxygens (including phenoxy) is 4. The lowest BCUT2D eigenvalue weighted by Crippen LogP contribution is -2.68. The van der Waals surface area contributed by atoms with E-state index in [-0.39, 0.29) is 24.8 Å². The van der Waals surface area contributed by atoms with Gasteiger partial charge in [-0.15, -0.1) is 0 Å². The quantitative estimate of drug-likeness (QED) is 0.192. The Labute approximate surface area is 188 Å². The van der Waals surface area contributed by atoms with Gasteiger partial charge in [-0.1, -0.05) is 0 Å². The fraction of sp³-hybridized carbons (Fsp3) is 1.00. The smallest absolute Gasteiger partial charge is 0.185 e. The molecule has 1 saturated carbocycles. The Hall–Kier alpha value is -0.480. The van der Waals surface area contributed by atoms with Crippen LogP contribution in [0.3, 0.4) is 0 Å². The number of nitrogens with one attached hydrogen (secondary N) is 1. The van der Waals surface area contributed by atoms with Gasteiger partial charge in [-0.25, -0.2) is 0 Å². The first-order valence-corrected chi connectivity index (χ1v) is 11.3. The molecule has 0 unspecified atom stereocenters. The summed E-state index contributed by atoms with van der Waals surface area (Å²) in [5, 5.41) is 35.0. The molecule has 2 saturated heterocycles. The van der Waals surface area contributed by atoms with Crippen molar-refractivity contribution in [2.45, 2.75) is 112 Å². The van der Waals surface area contributed by atoms with Gasteiger partial charge in [0.25, 0.3) is 0 Å². The summed E-state index contributed by atoms with van der Waals surface area (Å²) >= 11 is 0. The van der Waals surface area contributed by atoms with Crippen molar-refractivity contribution in [2.24, 2.45) is 22.9 Å². The molecule has 2 aliphatic heterocycles. The summed E-state index contributed by atoms with van der Waals surface area (Å²) in [5.74, 6) is 0. The molecule has 3 aliphatic rings. The molecule has 0 amide bonds.